The molecule has 1 aliphatic carbocycles. The lowest BCUT2D eigenvalue weighted by molar-refractivity contribution is 0.0702. The van der Waals surface area contributed by atoms with Gasteiger partial charge >= 0.3 is 5.97 Å². The maximum atomic E-state index is 11.0. The van der Waals surface area contributed by atoms with Gasteiger partial charge in [0.05, 0.1) is 0 Å². The van der Waals surface area contributed by atoms with E-state index in [0.29, 0.717) is 4.88 Å². The third-order valence-electron chi connectivity index (χ3n) is 5.08. The van der Waals surface area contributed by atoms with Crippen LogP contribution in [-0.4, -0.2) is 29.1 Å². The predicted octanol–water partition coefficient (Wildman–Crippen LogP) is 4.01. The molecule has 4 heteroatoms. The van der Waals surface area contributed by atoms with Crippen LogP contribution in [0.5, 0.6) is 0 Å². The summed E-state index contributed by atoms with van der Waals surface area (Å²) in [5.41, 5.74) is 3.06. The molecule has 23 heavy (non-hydrogen) atoms. The molecule has 0 saturated carbocycles. The molecule has 1 fully saturated rings. The van der Waals surface area contributed by atoms with E-state index in [1.807, 2.05) is 6.07 Å². The first-order chi connectivity index (χ1) is 11.2. The summed E-state index contributed by atoms with van der Waals surface area (Å²) in [6.07, 6.45) is 6.93. The smallest absolute Gasteiger partial charge is 0.345 e. The number of thiophene rings is 1. The normalized spacial score (nSPS) is 19.1. The second kappa shape index (κ2) is 5.62. The number of nitrogens with zero attached hydrogens (tertiary/aromatic N) is 1. The molecular weight excluding hydrogens is 306 g/mol. The van der Waals surface area contributed by atoms with Crippen molar-refractivity contribution in [1.82, 2.24) is 4.90 Å². The third-order valence-corrected chi connectivity index (χ3v) is 6.14. The fourth-order valence-electron chi connectivity index (χ4n) is 3.78. The summed E-state index contributed by atoms with van der Waals surface area (Å²) in [5, 5.41) is 9.03. The average molecular weight is 325 g/mol. The Kier molecular flexibility index (Phi) is 3.58. The van der Waals surface area contributed by atoms with Crippen molar-refractivity contribution in [2.45, 2.75) is 24.8 Å². The SMILES string of the molecule is O=C(O)c1ccc(CN2CCC3(C=Cc4ccccc43)CC2)s1. The molecule has 1 spiro atoms. The summed E-state index contributed by atoms with van der Waals surface area (Å²) in [7, 11) is 0. The van der Waals surface area contributed by atoms with E-state index >= 15 is 0 Å². The Bertz CT molecular complexity index is 769. The first-order valence-electron chi connectivity index (χ1n) is 7.99. The lowest BCUT2D eigenvalue weighted by atomic mass is 9.74. The maximum Gasteiger partial charge on any atom is 0.345 e. The first-order valence-corrected chi connectivity index (χ1v) is 8.81. The summed E-state index contributed by atoms with van der Waals surface area (Å²) in [6.45, 7) is 2.97. The standard InChI is InChI=1S/C19H19NO2S/c21-18(22)17-6-5-15(23-17)13-20-11-9-19(10-12-20)8-7-14-3-1-2-4-16(14)19/h1-8H,9-13H2,(H,21,22). The van der Waals surface area contributed by atoms with Crippen LogP contribution in [-0.2, 0) is 12.0 Å². The van der Waals surface area contributed by atoms with Gasteiger partial charge in [-0.05, 0) is 49.2 Å². The molecule has 0 bridgehead atoms. The fraction of sp³-hybridized carbons (Fsp3) is 0.316. The maximum absolute atomic E-state index is 11.0. The first kappa shape index (κ1) is 14.7. The Morgan fingerprint density at radius 2 is 1.96 bits per heavy atom. The molecule has 1 aliphatic heterocycles. The van der Waals surface area contributed by atoms with E-state index in [-0.39, 0.29) is 5.41 Å². The van der Waals surface area contributed by atoms with E-state index in [1.54, 1.807) is 6.07 Å². The molecule has 1 saturated heterocycles. The molecule has 1 aromatic carbocycles. The number of fused-ring (bicyclic) bond motifs is 2. The molecule has 1 N–H and O–H groups in total. The van der Waals surface area contributed by atoms with Gasteiger partial charge in [0.2, 0.25) is 0 Å². The van der Waals surface area contributed by atoms with Crippen molar-refractivity contribution in [3.63, 3.8) is 0 Å². The number of rotatable bonds is 3. The van der Waals surface area contributed by atoms with Crippen molar-refractivity contribution < 1.29 is 9.90 Å². The molecule has 2 heterocycles. The van der Waals surface area contributed by atoms with Crippen molar-refractivity contribution >= 4 is 23.4 Å². The van der Waals surface area contributed by atoms with Gasteiger partial charge in [-0.2, -0.15) is 0 Å². The van der Waals surface area contributed by atoms with Crippen LogP contribution in [0.15, 0.2) is 42.5 Å². The summed E-state index contributed by atoms with van der Waals surface area (Å²) >= 11 is 1.39. The highest BCUT2D eigenvalue weighted by Crippen LogP contribution is 2.43. The van der Waals surface area contributed by atoms with Gasteiger partial charge in [0, 0.05) is 16.8 Å². The number of carboxylic acids is 1. The third kappa shape index (κ3) is 2.62. The fourth-order valence-corrected chi connectivity index (χ4v) is 4.67. The van der Waals surface area contributed by atoms with Crippen LogP contribution in [0.2, 0.25) is 0 Å². The van der Waals surface area contributed by atoms with Crippen LogP contribution < -0.4 is 0 Å². The Labute approximate surface area is 139 Å². The highest BCUT2D eigenvalue weighted by atomic mass is 32.1. The number of piperidine rings is 1. The summed E-state index contributed by atoms with van der Waals surface area (Å²) < 4.78 is 0. The molecule has 0 radical (unpaired) electrons. The Hall–Kier alpha value is -1.91. The summed E-state index contributed by atoms with van der Waals surface area (Å²) in [5.74, 6) is -0.827. The van der Waals surface area contributed by atoms with Crippen molar-refractivity contribution in [3.05, 3.63) is 63.4 Å². The Morgan fingerprint density at radius 1 is 1.17 bits per heavy atom. The minimum atomic E-state index is -0.827. The van der Waals surface area contributed by atoms with E-state index < -0.39 is 5.97 Å². The summed E-state index contributed by atoms with van der Waals surface area (Å²) in [6, 6.07) is 12.4. The highest BCUT2D eigenvalue weighted by molar-refractivity contribution is 7.13. The number of hydrogen-bond acceptors (Lipinski definition) is 3. The van der Waals surface area contributed by atoms with Crippen LogP contribution in [0.25, 0.3) is 6.08 Å². The van der Waals surface area contributed by atoms with Crippen molar-refractivity contribution in [1.29, 1.82) is 0 Å². The zero-order chi connectivity index (χ0) is 15.9. The minimum absolute atomic E-state index is 0.217. The number of carbonyl (C=O) groups is 1. The van der Waals surface area contributed by atoms with E-state index in [1.165, 1.54) is 22.5 Å². The number of aromatic carboxylic acids is 1. The molecule has 4 rings (SSSR count). The zero-order valence-electron chi connectivity index (χ0n) is 12.9. The largest absolute Gasteiger partial charge is 0.477 e. The van der Waals surface area contributed by atoms with Gasteiger partial charge in [0.25, 0.3) is 0 Å². The Balaban J connectivity index is 1.44. The van der Waals surface area contributed by atoms with Gasteiger partial charge in [-0.25, -0.2) is 4.79 Å². The van der Waals surface area contributed by atoms with Crippen molar-refractivity contribution in [3.8, 4) is 0 Å². The highest BCUT2D eigenvalue weighted by Gasteiger charge is 2.37. The number of hydrogen-bond donors (Lipinski definition) is 1. The van der Waals surface area contributed by atoms with Crippen LogP contribution in [0, 0.1) is 0 Å². The molecule has 1 aromatic heterocycles. The van der Waals surface area contributed by atoms with E-state index in [0.717, 1.165) is 37.4 Å². The van der Waals surface area contributed by atoms with Gasteiger partial charge in [-0.1, -0.05) is 36.4 Å². The van der Waals surface area contributed by atoms with E-state index in [4.69, 9.17) is 5.11 Å². The lowest BCUT2D eigenvalue weighted by Crippen LogP contribution is -2.40. The van der Waals surface area contributed by atoms with Crippen molar-refractivity contribution in [2.75, 3.05) is 13.1 Å². The van der Waals surface area contributed by atoms with Crippen LogP contribution >= 0.6 is 11.3 Å². The molecule has 2 aliphatic rings. The number of likely N-dealkylation sites (tertiary alicyclic amines) is 1. The number of allylic oxidation sites excluding steroid dienone is 1. The Morgan fingerprint density at radius 3 is 2.70 bits per heavy atom. The number of carboxylic acid groups (broad SMARTS) is 1. The second-order valence-electron chi connectivity index (χ2n) is 6.42. The monoisotopic (exact) mass is 325 g/mol. The van der Waals surface area contributed by atoms with Gasteiger partial charge < -0.3 is 5.11 Å². The summed E-state index contributed by atoms with van der Waals surface area (Å²) in [4.78, 5) is 15.0. The molecular formula is C19H19NO2S. The minimum Gasteiger partial charge on any atom is -0.477 e. The number of benzene rings is 1. The van der Waals surface area contributed by atoms with Gasteiger partial charge in [-0.15, -0.1) is 11.3 Å². The van der Waals surface area contributed by atoms with Crippen LogP contribution in [0.4, 0.5) is 0 Å². The quantitative estimate of drug-likeness (QED) is 0.927. The zero-order valence-corrected chi connectivity index (χ0v) is 13.7. The molecule has 0 amide bonds. The van der Waals surface area contributed by atoms with Crippen LogP contribution in [0.3, 0.4) is 0 Å². The molecule has 0 unspecified atom stereocenters. The van der Waals surface area contributed by atoms with Gasteiger partial charge in [0.15, 0.2) is 0 Å². The topological polar surface area (TPSA) is 40.5 Å². The molecule has 118 valence electrons. The second-order valence-corrected chi connectivity index (χ2v) is 7.59. The van der Waals surface area contributed by atoms with Crippen molar-refractivity contribution in [2.24, 2.45) is 0 Å². The molecule has 0 atom stereocenters. The molecule has 2 aromatic rings. The van der Waals surface area contributed by atoms with E-state index in [2.05, 4.69) is 41.3 Å². The van der Waals surface area contributed by atoms with E-state index in [9.17, 15) is 4.79 Å². The predicted molar refractivity (Wildman–Crippen MR) is 92.9 cm³/mol. The molecule has 3 nitrogen and oxygen atoms in total. The van der Waals surface area contributed by atoms with Crippen LogP contribution in [0.1, 0.15) is 38.5 Å². The lowest BCUT2D eigenvalue weighted by Gasteiger charge is -2.39. The average Bonchev–Trinajstić information content (AvgIpc) is 3.16. The van der Waals surface area contributed by atoms with Gasteiger partial charge in [0.1, 0.15) is 4.88 Å². The van der Waals surface area contributed by atoms with Gasteiger partial charge in [-0.3, -0.25) is 4.90 Å².